The Bertz CT molecular complexity index is 319. The third kappa shape index (κ3) is 2.85. The van der Waals surface area contributed by atoms with Crippen molar-refractivity contribution in [1.29, 1.82) is 0 Å². The van der Waals surface area contributed by atoms with Gasteiger partial charge in [0.15, 0.2) is 0 Å². The highest BCUT2D eigenvalue weighted by molar-refractivity contribution is 5.76. The highest BCUT2D eigenvalue weighted by Gasteiger charge is 2.04. The van der Waals surface area contributed by atoms with E-state index in [1.807, 2.05) is 20.2 Å². The van der Waals surface area contributed by atoms with Gasteiger partial charge in [-0.2, -0.15) is 5.10 Å². The smallest absolute Gasteiger partial charge is 0.221 e. The number of carbonyl (C=O) groups is 1. The van der Waals surface area contributed by atoms with Gasteiger partial charge in [0.2, 0.25) is 5.91 Å². The fourth-order valence-corrected chi connectivity index (χ4v) is 1.24. The number of nitrogens with one attached hydrogen (secondary N) is 1. The zero-order chi connectivity index (χ0) is 10.6. The first kappa shape index (κ1) is 10.7. The van der Waals surface area contributed by atoms with E-state index in [4.69, 9.17) is 5.73 Å². The van der Waals surface area contributed by atoms with Crippen LogP contribution in [-0.4, -0.2) is 22.2 Å². The SMILES string of the molecule is Cc1nn(C)cc1CNC(=O)CCN. The quantitative estimate of drug-likeness (QED) is 0.694. The average molecular weight is 196 g/mol. The van der Waals surface area contributed by atoms with E-state index in [9.17, 15) is 4.79 Å². The van der Waals surface area contributed by atoms with E-state index in [1.165, 1.54) is 0 Å². The van der Waals surface area contributed by atoms with E-state index in [0.29, 0.717) is 19.5 Å². The molecule has 0 radical (unpaired) electrons. The summed E-state index contributed by atoms with van der Waals surface area (Å²) in [5, 5.41) is 6.96. The molecule has 14 heavy (non-hydrogen) atoms. The van der Waals surface area contributed by atoms with Crippen LogP contribution in [0.15, 0.2) is 6.20 Å². The lowest BCUT2D eigenvalue weighted by atomic mass is 10.2. The highest BCUT2D eigenvalue weighted by atomic mass is 16.1. The Kier molecular flexibility index (Phi) is 3.64. The minimum absolute atomic E-state index is 0.0178. The van der Waals surface area contributed by atoms with Gasteiger partial charge < -0.3 is 11.1 Å². The number of aromatic nitrogens is 2. The van der Waals surface area contributed by atoms with Crippen molar-refractivity contribution in [3.05, 3.63) is 17.5 Å². The average Bonchev–Trinajstić information content (AvgIpc) is 2.42. The molecule has 78 valence electrons. The first-order valence-electron chi connectivity index (χ1n) is 4.59. The lowest BCUT2D eigenvalue weighted by molar-refractivity contribution is -0.121. The van der Waals surface area contributed by atoms with Gasteiger partial charge in [-0.3, -0.25) is 9.48 Å². The van der Waals surface area contributed by atoms with Crippen molar-refractivity contribution in [2.24, 2.45) is 12.8 Å². The van der Waals surface area contributed by atoms with E-state index < -0.39 is 0 Å². The van der Waals surface area contributed by atoms with Crippen molar-refractivity contribution < 1.29 is 4.79 Å². The van der Waals surface area contributed by atoms with Crippen LogP contribution in [0.5, 0.6) is 0 Å². The molecule has 0 aliphatic rings. The van der Waals surface area contributed by atoms with Crippen molar-refractivity contribution in [2.45, 2.75) is 19.9 Å². The maximum absolute atomic E-state index is 11.1. The molecule has 0 saturated carbocycles. The van der Waals surface area contributed by atoms with Gasteiger partial charge in [0, 0.05) is 38.3 Å². The number of carbonyl (C=O) groups excluding carboxylic acids is 1. The predicted octanol–water partition coefficient (Wildman–Crippen LogP) is -0.306. The highest BCUT2D eigenvalue weighted by Crippen LogP contribution is 2.03. The number of aryl methyl sites for hydroxylation is 2. The number of nitrogens with two attached hydrogens (primary N) is 1. The summed E-state index contributed by atoms with van der Waals surface area (Å²) in [7, 11) is 1.86. The Morgan fingerprint density at radius 3 is 2.93 bits per heavy atom. The molecule has 5 nitrogen and oxygen atoms in total. The zero-order valence-electron chi connectivity index (χ0n) is 8.58. The Balaban J connectivity index is 2.45. The third-order valence-corrected chi connectivity index (χ3v) is 1.96. The van der Waals surface area contributed by atoms with Gasteiger partial charge in [0.1, 0.15) is 0 Å². The van der Waals surface area contributed by atoms with Crippen molar-refractivity contribution in [1.82, 2.24) is 15.1 Å². The lowest BCUT2D eigenvalue weighted by Crippen LogP contribution is -2.25. The predicted molar refractivity (Wildman–Crippen MR) is 53.5 cm³/mol. The molecule has 0 aliphatic carbocycles. The van der Waals surface area contributed by atoms with E-state index >= 15 is 0 Å². The summed E-state index contributed by atoms with van der Waals surface area (Å²) >= 11 is 0. The largest absolute Gasteiger partial charge is 0.352 e. The summed E-state index contributed by atoms with van der Waals surface area (Å²) in [5.74, 6) is -0.0178. The lowest BCUT2D eigenvalue weighted by Gasteiger charge is -2.02. The Hall–Kier alpha value is -1.36. The Morgan fingerprint density at radius 1 is 1.71 bits per heavy atom. The van der Waals surface area contributed by atoms with E-state index in [2.05, 4.69) is 10.4 Å². The first-order valence-corrected chi connectivity index (χ1v) is 4.59. The van der Waals surface area contributed by atoms with E-state index in [0.717, 1.165) is 11.3 Å². The molecule has 3 N–H and O–H groups in total. The second-order valence-corrected chi connectivity index (χ2v) is 3.23. The Morgan fingerprint density at radius 2 is 2.43 bits per heavy atom. The van der Waals surface area contributed by atoms with Crippen LogP contribution in [0.4, 0.5) is 0 Å². The standard InChI is InChI=1S/C9H16N4O/c1-7-8(6-13(2)12-7)5-11-9(14)3-4-10/h6H,3-5,10H2,1-2H3,(H,11,14). The molecule has 0 atom stereocenters. The number of amides is 1. The molecule has 1 heterocycles. The zero-order valence-corrected chi connectivity index (χ0v) is 8.58. The number of rotatable bonds is 4. The van der Waals surface area contributed by atoms with Gasteiger partial charge in [-0.25, -0.2) is 0 Å². The summed E-state index contributed by atoms with van der Waals surface area (Å²) in [6.07, 6.45) is 2.28. The number of hydrogen-bond donors (Lipinski definition) is 2. The summed E-state index contributed by atoms with van der Waals surface area (Å²) in [6, 6.07) is 0. The molecule has 0 spiro atoms. The summed E-state index contributed by atoms with van der Waals surface area (Å²) < 4.78 is 1.74. The molecule has 0 aliphatic heterocycles. The van der Waals surface area contributed by atoms with Gasteiger partial charge >= 0.3 is 0 Å². The number of nitrogens with zero attached hydrogens (tertiary/aromatic N) is 2. The summed E-state index contributed by atoms with van der Waals surface area (Å²) in [6.45, 7) is 2.83. The van der Waals surface area contributed by atoms with Crippen LogP contribution in [0.25, 0.3) is 0 Å². The molecule has 0 fully saturated rings. The minimum Gasteiger partial charge on any atom is -0.352 e. The summed E-state index contributed by atoms with van der Waals surface area (Å²) in [5.41, 5.74) is 7.24. The maximum atomic E-state index is 11.1. The van der Waals surface area contributed by atoms with Crippen LogP contribution in [0.1, 0.15) is 17.7 Å². The molecule has 5 heteroatoms. The van der Waals surface area contributed by atoms with Crippen LogP contribution < -0.4 is 11.1 Å². The van der Waals surface area contributed by atoms with Gasteiger partial charge in [0.25, 0.3) is 0 Å². The second-order valence-electron chi connectivity index (χ2n) is 3.23. The van der Waals surface area contributed by atoms with Crippen LogP contribution >= 0.6 is 0 Å². The monoisotopic (exact) mass is 196 g/mol. The van der Waals surface area contributed by atoms with Gasteiger partial charge in [0.05, 0.1) is 5.69 Å². The number of hydrogen-bond acceptors (Lipinski definition) is 3. The second kappa shape index (κ2) is 4.76. The normalized spacial score (nSPS) is 10.2. The molecule has 1 aromatic heterocycles. The summed E-state index contributed by atoms with van der Waals surface area (Å²) in [4.78, 5) is 11.1. The molecule has 1 rings (SSSR count). The molecule has 0 bridgehead atoms. The molecular formula is C9H16N4O. The van der Waals surface area contributed by atoms with Crippen LogP contribution in [0, 0.1) is 6.92 Å². The maximum Gasteiger partial charge on any atom is 0.221 e. The van der Waals surface area contributed by atoms with E-state index in [1.54, 1.807) is 4.68 Å². The van der Waals surface area contributed by atoms with Crippen molar-refractivity contribution in [3.63, 3.8) is 0 Å². The molecule has 1 amide bonds. The van der Waals surface area contributed by atoms with Crippen LogP contribution in [-0.2, 0) is 18.4 Å². The van der Waals surface area contributed by atoms with Gasteiger partial charge in [-0.1, -0.05) is 0 Å². The minimum atomic E-state index is -0.0178. The van der Waals surface area contributed by atoms with Crippen molar-refractivity contribution in [2.75, 3.05) is 6.54 Å². The van der Waals surface area contributed by atoms with E-state index in [-0.39, 0.29) is 5.91 Å². The van der Waals surface area contributed by atoms with Gasteiger partial charge in [-0.05, 0) is 6.92 Å². The molecule has 0 unspecified atom stereocenters. The van der Waals surface area contributed by atoms with Crippen LogP contribution in [0.2, 0.25) is 0 Å². The topological polar surface area (TPSA) is 72.9 Å². The first-order chi connectivity index (χ1) is 6.63. The molecule has 0 saturated heterocycles. The molecule has 1 aromatic rings. The fraction of sp³-hybridized carbons (Fsp3) is 0.556. The van der Waals surface area contributed by atoms with Gasteiger partial charge in [-0.15, -0.1) is 0 Å². The molecule has 0 aromatic carbocycles. The molecular weight excluding hydrogens is 180 g/mol. The Labute approximate surface area is 83.3 Å². The van der Waals surface area contributed by atoms with Crippen molar-refractivity contribution >= 4 is 5.91 Å². The van der Waals surface area contributed by atoms with Crippen molar-refractivity contribution in [3.8, 4) is 0 Å². The van der Waals surface area contributed by atoms with Crippen LogP contribution in [0.3, 0.4) is 0 Å². The fourth-order valence-electron chi connectivity index (χ4n) is 1.24. The third-order valence-electron chi connectivity index (χ3n) is 1.96.